The predicted molar refractivity (Wildman–Crippen MR) is 126 cm³/mol. The lowest BCUT2D eigenvalue weighted by atomic mass is 10.2. The number of carbonyl (C=O) groups excluding carboxylic acids is 1. The van der Waals surface area contributed by atoms with Crippen molar-refractivity contribution in [3.05, 3.63) is 41.3 Å². The number of carbonyl (C=O) groups is 1. The first-order chi connectivity index (χ1) is 16.1. The third-order valence-electron chi connectivity index (χ3n) is 6.65. The molecule has 0 aromatic carbocycles. The van der Waals surface area contributed by atoms with Gasteiger partial charge >= 0.3 is 0 Å². The number of H-pyrrole nitrogens is 1. The molecular weight excluding hydrogens is 418 g/mol. The lowest BCUT2D eigenvalue weighted by Crippen LogP contribution is -2.40. The zero-order chi connectivity index (χ0) is 22.4. The van der Waals surface area contributed by atoms with E-state index in [0.29, 0.717) is 23.4 Å². The number of nitrogens with zero attached hydrogens (tertiary/aromatic N) is 5. The van der Waals surface area contributed by atoms with Gasteiger partial charge in [0.2, 0.25) is 11.9 Å². The number of aromatic amines is 1. The number of fused-ring (bicyclic) bond motifs is 1. The summed E-state index contributed by atoms with van der Waals surface area (Å²) in [6.07, 6.45) is 8.61. The van der Waals surface area contributed by atoms with Crippen molar-refractivity contribution in [2.45, 2.75) is 56.9 Å². The fourth-order valence-electron chi connectivity index (χ4n) is 4.76. The van der Waals surface area contributed by atoms with Crippen molar-refractivity contribution in [1.82, 2.24) is 25.1 Å². The Morgan fingerprint density at radius 3 is 2.88 bits per heavy atom. The molecule has 3 aromatic rings. The monoisotopic (exact) mass is 445 g/mol. The van der Waals surface area contributed by atoms with E-state index in [-0.39, 0.29) is 11.9 Å². The standard InChI is InChI=1S/C23H27N9O/c24-19-9-8-14(12-25-19)26-22(33)18-5-2-10-32(18)23-27-16-4-1-3-15(16)21(29-23)28-20-11-17(30-31-20)13-6-7-13/h8-9,11-13,18H,1-7,10H2,(H2,24,25)(H,26,33)(H2,27,28,29,30,31)/t18-/m0/s1. The third-order valence-corrected chi connectivity index (χ3v) is 6.65. The topological polar surface area (TPSA) is 138 Å². The van der Waals surface area contributed by atoms with E-state index in [0.717, 1.165) is 61.5 Å². The number of anilines is 5. The smallest absolute Gasteiger partial charge is 0.247 e. The number of pyridine rings is 1. The van der Waals surface area contributed by atoms with E-state index in [4.69, 9.17) is 15.7 Å². The fraction of sp³-hybridized carbons (Fsp3) is 0.435. The molecule has 1 saturated carbocycles. The van der Waals surface area contributed by atoms with E-state index >= 15 is 0 Å². The molecule has 0 spiro atoms. The second-order valence-electron chi connectivity index (χ2n) is 9.07. The van der Waals surface area contributed by atoms with Crippen LogP contribution in [0, 0.1) is 0 Å². The van der Waals surface area contributed by atoms with E-state index in [1.165, 1.54) is 18.5 Å². The highest BCUT2D eigenvalue weighted by molar-refractivity contribution is 5.97. The fourth-order valence-corrected chi connectivity index (χ4v) is 4.76. The van der Waals surface area contributed by atoms with Gasteiger partial charge in [-0.1, -0.05) is 0 Å². The van der Waals surface area contributed by atoms with Crippen molar-refractivity contribution in [3.63, 3.8) is 0 Å². The molecule has 6 rings (SSSR count). The number of nitrogen functional groups attached to an aromatic ring is 1. The molecule has 1 aliphatic heterocycles. The summed E-state index contributed by atoms with van der Waals surface area (Å²) in [6, 6.07) is 5.18. The second-order valence-corrected chi connectivity index (χ2v) is 9.07. The van der Waals surface area contributed by atoms with Crippen molar-refractivity contribution in [3.8, 4) is 0 Å². The minimum absolute atomic E-state index is 0.0842. The van der Waals surface area contributed by atoms with Crippen molar-refractivity contribution < 1.29 is 4.79 Å². The number of hydrogen-bond donors (Lipinski definition) is 4. The van der Waals surface area contributed by atoms with Crippen LogP contribution in [0.3, 0.4) is 0 Å². The highest BCUT2D eigenvalue weighted by Gasteiger charge is 2.34. The number of nitrogens with one attached hydrogen (secondary N) is 3. The molecule has 170 valence electrons. The van der Waals surface area contributed by atoms with Gasteiger partial charge in [0, 0.05) is 29.8 Å². The third kappa shape index (κ3) is 3.96. The molecule has 0 bridgehead atoms. The van der Waals surface area contributed by atoms with Crippen LogP contribution in [0.15, 0.2) is 24.4 Å². The van der Waals surface area contributed by atoms with E-state index in [2.05, 4.69) is 31.9 Å². The average Bonchev–Trinajstić information content (AvgIpc) is 3.20. The summed E-state index contributed by atoms with van der Waals surface area (Å²) >= 11 is 0. The quantitative estimate of drug-likeness (QED) is 0.454. The van der Waals surface area contributed by atoms with Gasteiger partial charge in [-0.25, -0.2) is 9.97 Å². The summed E-state index contributed by atoms with van der Waals surface area (Å²) in [5.74, 6) is 3.13. The molecule has 3 aliphatic rings. The van der Waals surface area contributed by atoms with E-state index in [1.807, 2.05) is 4.90 Å². The molecule has 4 heterocycles. The Morgan fingerprint density at radius 2 is 2.06 bits per heavy atom. The summed E-state index contributed by atoms with van der Waals surface area (Å²) in [5.41, 5.74) is 9.67. The van der Waals surface area contributed by atoms with Gasteiger partial charge in [-0.05, 0) is 57.1 Å². The van der Waals surface area contributed by atoms with Gasteiger partial charge in [-0.2, -0.15) is 10.1 Å². The number of aryl methyl sites for hydroxylation is 1. The SMILES string of the molecule is Nc1ccc(NC(=O)[C@@H]2CCCN2c2nc3c(c(Nc4cc(C5CC5)[nH]n4)n2)CCC3)cn1. The van der Waals surface area contributed by atoms with Crippen LogP contribution in [-0.2, 0) is 17.6 Å². The summed E-state index contributed by atoms with van der Waals surface area (Å²) in [4.78, 5) is 28.9. The molecule has 33 heavy (non-hydrogen) atoms. The van der Waals surface area contributed by atoms with Crippen LogP contribution in [0.4, 0.5) is 29.1 Å². The molecule has 10 nitrogen and oxygen atoms in total. The molecule has 5 N–H and O–H groups in total. The maximum absolute atomic E-state index is 13.1. The van der Waals surface area contributed by atoms with Crippen molar-refractivity contribution >= 4 is 35.0 Å². The lowest BCUT2D eigenvalue weighted by Gasteiger charge is -2.25. The predicted octanol–water partition coefficient (Wildman–Crippen LogP) is 2.89. The highest BCUT2D eigenvalue weighted by Crippen LogP contribution is 2.40. The molecule has 3 aromatic heterocycles. The van der Waals surface area contributed by atoms with E-state index < -0.39 is 0 Å². The van der Waals surface area contributed by atoms with Crippen LogP contribution in [0.25, 0.3) is 0 Å². The molecule has 0 radical (unpaired) electrons. The van der Waals surface area contributed by atoms with Crippen LogP contribution in [-0.4, -0.2) is 43.6 Å². The number of amides is 1. The minimum atomic E-state index is -0.332. The summed E-state index contributed by atoms with van der Waals surface area (Å²) in [5, 5.41) is 13.9. The van der Waals surface area contributed by atoms with Crippen molar-refractivity contribution in [2.75, 3.05) is 27.8 Å². The summed E-state index contributed by atoms with van der Waals surface area (Å²) in [7, 11) is 0. The Labute approximate surface area is 191 Å². The number of nitrogens with two attached hydrogens (primary N) is 1. The lowest BCUT2D eigenvalue weighted by molar-refractivity contribution is -0.117. The van der Waals surface area contributed by atoms with Crippen LogP contribution in [0.5, 0.6) is 0 Å². The number of rotatable bonds is 6. The molecule has 1 saturated heterocycles. The Bertz CT molecular complexity index is 1190. The zero-order valence-electron chi connectivity index (χ0n) is 18.3. The minimum Gasteiger partial charge on any atom is -0.384 e. The maximum atomic E-state index is 13.1. The Balaban J connectivity index is 1.25. The van der Waals surface area contributed by atoms with Gasteiger partial charge in [0.15, 0.2) is 5.82 Å². The van der Waals surface area contributed by atoms with Crippen LogP contribution in [0.1, 0.15) is 55.0 Å². The second kappa shape index (κ2) is 8.02. The largest absolute Gasteiger partial charge is 0.384 e. The molecule has 0 unspecified atom stereocenters. The molecule has 2 fully saturated rings. The maximum Gasteiger partial charge on any atom is 0.247 e. The molecular formula is C23H27N9O. The Hall–Kier alpha value is -3.69. The van der Waals surface area contributed by atoms with Crippen molar-refractivity contribution in [2.24, 2.45) is 0 Å². The van der Waals surface area contributed by atoms with Gasteiger partial charge in [-0.3, -0.25) is 9.89 Å². The van der Waals surface area contributed by atoms with Gasteiger partial charge < -0.3 is 21.3 Å². The van der Waals surface area contributed by atoms with Gasteiger partial charge in [0.1, 0.15) is 17.7 Å². The molecule has 1 amide bonds. The molecule has 2 aliphatic carbocycles. The summed E-state index contributed by atoms with van der Waals surface area (Å²) in [6.45, 7) is 0.741. The van der Waals surface area contributed by atoms with E-state index in [9.17, 15) is 4.79 Å². The highest BCUT2D eigenvalue weighted by atomic mass is 16.2. The summed E-state index contributed by atoms with van der Waals surface area (Å²) < 4.78 is 0. The first-order valence-corrected chi connectivity index (χ1v) is 11.7. The van der Waals surface area contributed by atoms with Crippen molar-refractivity contribution in [1.29, 1.82) is 0 Å². The number of hydrogen-bond acceptors (Lipinski definition) is 8. The zero-order valence-corrected chi connectivity index (χ0v) is 18.3. The van der Waals surface area contributed by atoms with E-state index in [1.54, 1.807) is 18.3 Å². The normalized spacial score (nSPS) is 19.5. The van der Waals surface area contributed by atoms with Gasteiger partial charge in [0.25, 0.3) is 0 Å². The van der Waals surface area contributed by atoms with Gasteiger partial charge in [-0.15, -0.1) is 0 Å². The van der Waals surface area contributed by atoms with Gasteiger partial charge in [0.05, 0.1) is 17.6 Å². The van der Waals surface area contributed by atoms with Crippen LogP contribution >= 0.6 is 0 Å². The first-order valence-electron chi connectivity index (χ1n) is 11.7. The van der Waals surface area contributed by atoms with Crippen LogP contribution < -0.4 is 21.3 Å². The number of aromatic nitrogens is 5. The molecule has 10 heteroatoms. The van der Waals surface area contributed by atoms with Crippen LogP contribution in [0.2, 0.25) is 0 Å². The molecule has 1 atom stereocenters. The Kier molecular flexibility index (Phi) is 4.85. The average molecular weight is 446 g/mol. The Morgan fingerprint density at radius 1 is 1.15 bits per heavy atom. The first kappa shape index (κ1) is 20.0.